The lowest BCUT2D eigenvalue weighted by Crippen LogP contribution is -1.98. The van der Waals surface area contributed by atoms with Crippen molar-refractivity contribution in [3.8, 4) is 11.5 Å². The average molecular weight is 273 g/mol. The highest BCUT2D eigenvalue weighted by Gasteiger charge is 2.16. The molecular weight excluding hydrogens is 258 g/mol. The van der Waals surface area contributed by atoms with Crippen LogP contribution in [0.3, 0.4) is 0 Å². The van der Waals surface area contributed by atoms with Gasteiger partial charge in [-0.25, -0.2) is 0 Å². The number of aryl methyl sites for hydroxylation is 1. The Morgan fingerprint density at radius 2 is 1.95 bits per heavy atom. The van der Waals surface area contributed by atoms with E-state index in [0.29, 0.717) is 12.2 Å². The number of aliphatic hydroxyl groups excluding tert-OH is 1. The topological polar surface area (TPSA) is 72.6 Å². The molecule has 20 heavy (non-hydrogen) atoms. The van der Waals surface area contributed by atoms with Gasteiger partial charge < -0.3 is 9.84 Å². The minimum absolute atomic E-state index is 0.00361. The molecule has 0 saturated heterocycles. The zero-order valence-electron chi connectivity index (χ0n) is 11.1. The molecule has 0 bridgehead atoms. The van der Waals surface area contributed by atoms with Crippen LogP contribution in [0.4, 0.5) is 5.69 Å². The van der Waals surface area contributed by atoms with E-state index in [-0.39, 0.29) is 18.0 Å². The van der Waals surface area contributed by atoms with Gasteiger partial charge in [-0.05, 0) is 36.6 Å². The number of para-hydroxylation sites is 1. The molecule has 0 aromatic heterocycles. The van der Waals surface area contributed by atoms with Gasteiger partial charge >= 0.3 is 5.69 Å². The maximum atomic E-state index is 11.1. The van der Waals surface area contributed by atoms with Crippen molar-refractivity contribution in [2.24, 2.45) is 0 Å². The van der Waals surface area contributed by atoms with E-state index >= 15 is 0 Å². The number of nitrogens with zero attached hydrogens (tertiary/aromatic N) is 1. The molecule has 2 aromatic carbocycles. The molecule has 0 aliphatic heterocycles. The third-order valence-corrected chi connectivity index (χ3v) is 2.88. The molecule has 0 amide bonds. The fourth-order valence-corrected chi connectivity index (χ4v) is 1.91. The van der Waals surface area contributed by atoms with E-state index in [9.17, 15) is 10.1 Å². The van der Waals surface area contributed by atoms with Crippen molar-refractivity contribution in [1.29, 1.82) is 0 Å². The van der Waals surface area contributed by atoms with Crippen LogP contribution in [-0.4, -0.2) is 16.6 Å². The summed E-state index contributed by atoms with van der Waals surface area (Å²) in [7, 11) is 0. The van der Waals surface area contributed by atoms with Crippen LogP contribution in [0.25, 0.3) is 0 Å². The van der Waals surface area contributed by atoms with Crippen molar-refractivity contribution in [2.45, 2.75) is 13.3 Å². The minimum atomic E-state index is -0.461. The fraction of sp³-hybridized carbons (Fsp3) is 0.200. The Morgan fingerprint density at radius 1 is 1.20 bits per heavy atom. The van der Waals surface area contributed by atoms with Crippen LogP contribution in [-0.2, 0) is 6.42 Å². The van der Waals surface area contributed by atoms with E-state index < -0.39 is 4.92 Å². The second-order valence-corrected chi connectivity index (χ2v) is 4.41. The van der Waals surface area contributed by atoms with Gasteiger partial charge in [0.1, 0.15) is 5.75 Å². The van der Waals surface area contributed by atoms with Gasteiger partial charge in [-0.15, -0.1) is 0 Å². The average Bonchev–Trinajstić information content (AvgIpc) is 2.43. The van der Waals surface area contributed by atoms with E-state index in [1.54, 1.807) is 31.2 Å². The number of nitro groups is 1. The molecule has 0 saturated carbocycles. The number of hydrogen-bond donors (Lipinski definition) is 1. The van der Waals surface area contributed by atoms with E-state index in [0.717, 1.165) is 11.1 Å². The van der Waals surface area contributed by atoms with Gasteiger partial charge in [0, 0.05) is 12.7 Å². The molecule has 0 aliphatic rings. The number of rotatable bonds is 5. The molecule has 1 N–H and O–H groups in total. The largest absolute Gasteiger partial charge is 0.450 e. The first-order chi connectivity index (χ1) is 9.61. The Balaban J connectivity index is 2.37. The Kier molecular flexibility index (Phi) is 4.32. The number of hydrogen-bond acceptors (Lipinski definition) is 4. The van der Waals surface area contributed by atoms with Gasteiger partial charge in [0.2, 0.25) is 5.75 Å². The summed E-state index contributed by atoms with van der Waals surface area (Å²) < 4.78 is 5.66. The first-order valence-electron chi connectivity index (χ1n) is 6.23. The lowest BCUT2D eigenvalue weighted by Gasteiger charge is -2.10. The van der Waals surface area contributed by atoms with Crippen LogP contribution in [0.1, 0.15) is 11.1 Å². The van der Waals surface area contributed by atoms with E-state index in [1.807, 2.05) is 12.1 Å². The third-order valence-electron chi connectivity index (χ3n) is 2.88. The van der Waals surface area contributed by atoms with Crippen LogP contribution in [0, 0.1) is 17.0 Å². The number of nitro benzene ring substituents is 1. The zero-order valence-corrected chi connectivity index (χ0v) is 11.1. The first kappa shape index (κ1) is 14.0. The van der Waals surface area contributed by atoms with Crippen molar-refractivity contribution < 1.29 is 14.8 Å². The molecule has 2 rings (SSSR count). The molecular formula is C15H15NO4. The summed E-state index contributed by atoms with van der Waals surface area (Å²) in [6, 6.07) is 12.0. The van der Waals surface area contributed by atoms with E-state index in [1.165, 1.54) is 6.07 Å². The summed E-state index contributed by atoms with van der Waals surface area (Å²) in [6.07, 6.45) is 0.440. The van der Waals surface area contributed by atoms with Crippen LogP contribution in [0.15, 0.2) is 42.5 Å². The Hall–Kier alpha value is -2.40. The van der Waals surface area contributed by atoms with Crippen molar-refractivity contribution in [1.82, 2.24) is 0 Å². The molecule has 0 unspecified atom stereocenters. The molecule has 104 valence electrons. The lowest BCUT2D eigenvalue weighted by molar-refractivity contribution is -0.385. The van der Waals surface area contributed by atoms with Crippen LogP contribution in [0.2, 0.25) is 0 Å². The second-order valence-electron chi connectivity index (χ2n) is 4.41. The van der Waals surface area contributed by atoms with Crippen LogP contribution >= 0.6 is 0 Å². The van der Waals surface area contributed by atoms with Crippen molar-refractivity contribution in [3.05, 3.63) is 63.7 Å². The molecule has 0 radical (unpaired) electrons. The Bertz CT molecular complexity index is 625. The van der Waals surface area contributed by atoms with Gasteiger partial charge in [0.25, 0.3) is 0 Å². The zero-order chi connectivity index (χ0) is 14.5. The SMILES string of the molecule is Cc1ccc(Oc2ccccc2CCO)c([N+](=O)[O-])c1. The molecule has 0 fully saturated rings. The van der Waals surface area contributed by atoms with Crippen LogP contribution < -0.4 is 4.74 Å². The molecule has 0 atom stereocenters. The van der Waals surface area contributed by atoms with Gasteiger partial charge in [-0.1, -0.05) is 24.3 Å². The predicted molar refractivity (Wildman–Crippen MR) is 75.1 cm³/mol. The maximum Gasteiger partial charge on any atom is 0.311 e. The predicted octanol–water partition coefficient (Wildman–Crippen LogP) is 3.23. The van der Waals surface area contributed by atoms with Gasteiger partial charge in [0.15, 0.2) is 0 Å². The minimum Gasteiger partial charge on any atom is -0.450 e. The van der Waals surface area contributed by atoms with Gasteiger partial charge in [-0.2, -0.15) is 0 Å². The summed E-state index contributed by atoms with van der Waals surface area (Å²) in [5, 5.41) is 20.1. The Labute approximate surface area is 116 Å². The lowest BCUT2D eigenvalue weighted by atomic mass is 10.1. The van der Waals surface area contributed by atoms with Gasteiger partial charge in [0.05, 0.1) is 4.92 Å². The van der Waals surface area contributed by atoms with E-state index in [2.05, 4.69) is 0 Å². The summed E-state index contributed by atoms with van der Waals surface area (Å²) >= 11 is 0. The van der Waals surface area contributed by atoms with Crippen molar-refractivity contribution >= 4 is 5.69 Å². The van der Waals surface area contributed by atoms with Crippen LogP contribution in [0.5, 0.6) is 11.5 Å². The molecule has 0 heterocycles. The van der Waals surface area contributed by atoms with E-state index in [4.69, 9.17) is 9.84 Å². The third kappa shape index (κ3) is 3.13. The molecule has 5 nitrogen and oxygen atoms in total. The van der Waals surface area contributed by atoms with Gasteiger partial charge in [-0.3, -0.25) is 10.1 Å². The van der Waals surface area contributed by atoms with Crippen molar-refractivity contribution in [3.63, 3.8) is 0 Å². The highest BCUT2D eigenvalue weighted by molar-refractivity contribution is 5.51. The molecule has 2 aromatic rings. The summed E-state index contributed by atoms with van der Waals surface area (Å²) in [5.41, 5.74) is 1.54. The second kappa shape index (κ2) is 6.16. The molecule has 0 aliphatic carbocycles. The maximum absolute atomic E-state index is 11.1. The highest BCUT2D eigenvalue weighted by Crippen LogP contribution is 2.33. The normalized spacial score (nSPS) is 10.3. The first-order valence-corrected chi connectivity index (χ1v) is 6.23. The summed E-state index contributed by atoms with van der Waals surface area (Å²) in [5.74, 6) is 0.722. The van der Waals surface area contributed by atoms with Crippen molar-refractivity contribution in [2.75, 3.05) is 6.61 Å². The standard InChI is InChI=1S/C15H15NO4/c1-11-6-7-15(13(10-11)16(18)19)20-14-5-3-2-4-12(14)8-9-17/h2-7,10,17H,8-9H2,1H3. The summed E-state index contributed by atoms with van der Waals surface area (Å²) in [6.45, 7) is 1.78. The number of benzene rings is 2. The smallest absolute Gasteiger partial charge is 0.311 e. The number of ether oxygens (including phenoxy) is 1. The fourth-order valence-electron chi connectivity index (χ4n) is 1.91. The molecule has 0 spiro atoms. The summed E-state index contributed by atoms with van der Waals surface area (Å²) in [4.78, 5) is 10.6. The number of aliphatic hydroxyl groups is 1. The Morgan fingerprint density at radius 3 is 2.65 bits per heavy atom. The highest BCUT2D eigenvalue weighted by atomic mass is 16.6. The quantitative estimate of drug-likeness (QED) is 0.670. The molecule has 5 heteroatoms. The monoisotopic (exact) mass is 273 g/mol.